The molecule has 2 N–H and O–H groups in total. The number of aromatic nitrogens is 1. The molecular formula is C15H10ClN3O2. The minimum absolute atomic E-state index is 0.0294. The molecule has 0 fully saturated rings. The number of para-hydroxylation sites is 1. The third kappa shape index (κ3) is 2.64. The molecule has 5 nitrogen and oxygen atoms in total. The molecule has 0 unspecified atom stereocenters. The molecule has 0 bridgehead atoms. The van der Waals surface area contributed by atoms with Crippen molar-refractivity contribution in [2.75, 3.05) is 0 Å². The van der Waals surface area contributed by atoms with Gasteiger partial charge in [0.2, 0.25) is 0 Å². The van der Waals surface area contributed by atoms with Crippen molar-refractivity contribution in [1.29, 1.82) is 0 Å². The van der Waals surface area contributed by atoms with Crippen molar-refractivity contribution in [3.63, 3.8) is 0 Å². The fraction of sp³-hybridized carbons (Fsp3) is 0. The predicted molar refractivity (Wildman–Crippen MR) is 80.3 cm³/mol. The second kappa shape index (κ2) is 5.38. The molecule has 6 heteroatoms. The molecule has 0 spiro atoms. The lowest BCUT2D eigenvalue weighted by molar-refractivity contribution is 0.0995. The van der Waals surface area contributed by atoms with Crippen LogP contribution in [0.4, 0.5) is 5.82 Å². The Morgan fingerprint density at radius 2 is 1.81 bits per heavy atom. The Balaban J connectivity index is 1.89. The number of nitrogens with zero attached hydrogens (tertiary/aromatic N) is 2. The Hall–Kier alpha value is -2.66. The number of hydrogen-bond acceptors (Lipinski definition) is 3. The van der Waals surface area contributed by atoms with Crippen LogP contribution >= 0.6 is 11.6 Å². The summed E-state index contributed by atoms with van der Waals surface area (Å²) in [6.45, 7) is 0. The van der Waals surface area contributed by atoms with Crippen molar-refractivity contribution in [2.45, 2.75) is 0 Å². The van der Waals surface area contributed by atoms with E-state index in [9.17, 15) is 9.90 Å². The predicted octanol–water partition coefficient (Wildman–Crippen LogP) is 4.45. The average molecular weight is 300 g/mol. The third-order valence-electron chi connectivity index (χ3n) is 2.99. The smallest absolute Gasteiger partial charge is 0.295 e. The van der Waals surface area contributed by atoms with Crippen LogP contribution in [0, 0.1) is 0 Å². The lowest BCUT2D eigenvalue weighted by atomic mass is 10.2. The van der Waals surface area contributed by atoms with E-state index in [2.05, 4.69) is 15.2 Å². The van der Waals surface area contributed by atoms with Gasteiger partial charge in [-0.3, -0.25) is 4.79 Å². The Labute approximate surface area is 124 Å². The number of benzene rings is 2. The molecule has 0 aliphatic carbocycles. The summed E-state index contributed by atoms with van der Waals surface area (Å²) in [6.07, 6.45) is 0. The lowest BCUT2D eigenvalue weighted by Gasteiger charge is -1.94. The number of fused-ring (bicyclic) bond motifs is 1. The van der Waals surface area contributed by atoms with E-state index in [-0.39, 0.29) is 11.6 Å². The van der Waals surface area contributed by atoms with E-state index < -0.39 is 5.91 Å². The first-order valence-electron chi connectivity index (χ1n) is 6.16. The van der Waals surface area contributed by atoms with Crippen molar-refractivity contribution in [3.8, 4) is 5.75 Å². The summed E-state index contributed by atoms with van der Waals surface area (Å²) < 4.78 is 0. The molecule has 104 valence electrons. The van der Waals surface area contributed by atoms with E-state index in [1.165, 1.54) is 0 Å². The number of carbonyl (C=O) groups excluding carboxylic acids is 1. The van der Waals surface area contributed by atoms with Crippen molar-refractivity contribution in [2.24, 2.45) is 10.2 Å². The minimum Gasteiger partial charge on any atom is -0.504 e. The van der Waals surface area contributed by atoms with Crippen LogP contribution < -0.4 is 0 Å². The SMILES string of the molecule is O=C(N=Nc1[nH]c2ccccc2c1O)c1ccc(Cl)cc1. The van der Waals surface area contributed by atoms with Gasteiger partial charge in [-0.1, -0.05) is 23.7 Å². The van der Waals surface area contributed by atoms with Crippen LogP contribution in [0.5, 0.6) is 5.75 Å². The van der Waals surface area contributed by atoms with E-state index in [1.54, 1.807) is 42.5 Å². The number of azo groups is 1. The Bertz CT molecular complexity index is 838. The van der Waals surface area contributed by atoms with Crippen molar-refractivity contribution in [1.82, 2.24) is 4.98 Å². The van der Waals surface area contributed by atoms with E-state index in [0.717, 1.165) is 5.52 Å². The Morgan fingerprint density at radius 1 is 1.10 bits per heavy atom. The molecule has 0 saturated carbocycles. The molecule has 0 aliphatic rings. The van der Waals surface area contributed by atoms with Crippen molar-refractivity contribution < 1.29 is 9.90 Å². The number of nitrogens with one attached hydrogen (secondary N) is 1. The largest absolute Gasteiger partial charge is 0.504 e. The topological polar surface area (TPSA) is 77.8 Å². The van der Waals surface area contributed by atoms with Gasteiger partial charge in [0.05, 0.1) is 5.52 Å². The Kier molecular flexibility index (Phi) is 3.41. The molecule has 0 aliphatic heterocycles. The number of amides is 1. The van der Waals surface area contributed by atoms with Gasteiger partial charge in [-0.15, -0.1) is 10.2 Å². The first-order valence-corrected chi connectivity index (χ1v) is 6.54. The van der Waals surface area contributed by atoms with Gasteiger partial charge in [0, 0.05) is 16.0 Å². The maximum absolute atomic E-state index is 11.9. The summed E-state index contributed by atoms with van der Waals surface area (Å²) in [4.78, 5) is 14.8. The molecular weight excluding hydrogens is 290 g/mol. The van der Waals surface area contributed by atoms with Crippen LogP contribution in [0.1, 0.15) is 10.4 Å². The second-order valence-corrected chi connectivity index (χ2v) is 4.82. The molecule has 1 heterocycles. The quantitative estimate of drug-likeness (QED) is 0.686. The standard InChI is InChI=1S/C15H10ClN3O2/c16-10-7-5-9(6-8-10)15(21)19-18-14-13(20)11-3-1-2-4-12(11)17-14/h1-8,17,20H. The van der Waals surface area contributed by atoms with Crippen LogP contribution in [-0.2, 0) is 0 Å². The van der Waals surface area contributed by atoms with E-state index in [4.69, 9.17) is 11.6 Å². The highest BCUT2D eigenvalue weighted by molar-refractivity contribution is 6.30. The van der Waals surface area contributed by atoms with Crippen LogP contribution in [0.2, 0.25) is 5.02 Å². The fourth-order valence-electron chi connectivity index (χ4n) is 1.93. The highest BCUT2D eigenvalue weighted by atomic mass is 35.5. The van der Waals surface area contributed by atoms with Gasteiger partial charge in [0.15, 0.2) is 11.6 Å². The van der Waals surface area contributed by atoms with Crippen LogP contribution in [0.15, 0.2) is 58.8 Å². The van der Waals surface area contributed by atoms with Gasteiger partial charge in [0.25, 0.3) is 5.91 Å². The van der Waals surface area contributed by atoms with Gasteiger partial charge in [-0.25, -0.2) is 0 Å². The van der Waals surface area contributed by atoms with Crippen molar-refractivity contribution >= 4 is 34.2 Å². The number of carbonyl (C=O) groups is 1. The zero-order valence-corrected chi connectivity index (χ0v) is 11.5. The normalized spacial score (nSPS) is 11.3. The Morgan fingerprint density at radius 3 is 2.52 bits per heavy atom. The van der Waals surface area contributed by atoms with E-state index in [1.807, 2.05) is 6.07 Å². The van der Waals surface area contributed by atoms with E-state index in [0.29, 0.717) is 16.0 Å². The third-order valence-corrected chi connectivity index (χ3v) is 3.24. The maximum atomic E-state index is 11.9. The van der Waals surface area contributed by atoms with Crippen molar-refractivity contribution in [3.05, 3.63) is 59.1 Å². The lowest BCUT2D eigenvalue weighted by Crippen LogP contribution is -1.92. The number of aromatic amines is 1. The van der Waals surface area contributed by atoms with Gasteiger partial charge < -0.3 is 10.1 Å². The average Bonchev–Trinajstić information content (AvgIpc) is 2.82. The number of halogens is 1. The molecule has 1 aromatic heterocycles. The molecule has 3 aromatic rings. The molecule has 3 rings (SSSR count). The molecule has 0 radical (unpaired) electrons. The summed E-state index contributed by atoms with van der Waals surface area (Å²) in [7, 11) is 0. The molecule has 1 amide bonds. The number of rotatable bonds is 2. The molecule has 2 aromatic carbocycles. The molecule has 21 heavy (non-hydrogen) atoms. The van der Waals surface area contributed by atoms with Gasteiger partial charge in [0.1, 0.15) is 0 Å². The monoisotopic (exact) mass is 299 g/mol. The fourth-order valence-corrected chi connectivity index (χ4v) is 2.06. The zero-order valence-electron chi connectivity index (χ0n) is 10.7. The number of aromatic hydroxyl groups is 1. The summed E-state index contributed by atoms with van der Waals surface area (Å²) in [6, 6.07) is 13.5. The summed E-state index contributed by atoms with van der Waals surface area (Å²) in [5.41, 5.74) is 1.10. The molecule has 0 saturated heterocycles. The summed E-state index contributed by atoms with van der Waals surface area (Å²) in [5.74, 6) is -0.388. The second-order valence-electron chi connectivity index (χ2n) is 4.38. The minimum atomic E-state index is -0.510. The first-order chi connectivity index (χ1) is 10.1. The number of hydrogen-bond donors (Lipinski definition) is 2. The van der Waals surface area contributed by atoms with E-state index >= 15 is 0 Å². The summed E-state index contributed by atoms with van der Waals surface area (Å²) >= 11 is 5.75. The highest BCUT2D eigenvalue weighted by Crippen LogP contribution is 2.34. The maximum Gasteiger partial charge on any atom is 0.295 e. The highest BCUT2D eigenvalue weighted by Gasteiger charge is 2.10. The van der Waals surface area contributed by atoms with Gasteiger partial charge >= 0.3 is 0 Å². The first kappa shape index (κ1) is 13.3. The van der Waals surface area contributed by atoms with Gasteiger partial charge in [-0.2, -0.15) is 0 Å². The summed E-state index contributed by atoms with van der Waals surface area (Å²) in [5, 5.41) is 18.5. The number of H-pyrrole nitrogens is 1. The van der Waals surface area contributed by atoms with Crippen LogP contribution in [0.25, 0.3) is 10.9 Å². The zero-order chi connectivity index (χ0) is 14.8. The van der Waals surface area contributed by atoms with Crippen LogP contribution in [-0.4, -0.2) is 16.0 Å². The van der Waals surface area contributed by atoms with Crippen LogP contribution in [0.3, 0.4) is 0 Å². The van der Waals surface area contributed by atoms with Gasteiger partial charge in [-0.05, 0) is 36.4 Å². The molecule has 0 atom stereocenters.